The molecule has 0 aliphatic rings. The minimum absolute atomic E-state index is 0.00407. The van der Waals surface area contributed by atoms with Crippen LogP contribution in [0.15, 0.2) is 24.3 Å². The molecule has 4 nitrogen and oxygen atoms in total. The van der Waals surface area contributed by atoms with E-state index in [1.54, 1.807) is 7.05 Å². The van der Waals surface area contributed by atoms with Gasteiger partial charge in [-0.15, -0.1) is 0 Å². The van der Waals surface area contributed by atoms with E-state index in [1.807, 2.05) is 31.2 Å². The summed E-state index contributed by atoms with van der Waals surface area (Å²) in [4.78, 5) is 11.2. The summed E-state index contributed by atoms with van der Waals surface area (Å²) in [5, 5.41) is 5.84. The van der Waals surface area contributed by atoms with E-state index in [4.69, 9.17) is 5.73 Å². The van der Waals surface area contributed by atoms with Crippen molar-refractivity contribution >= 4 is 11.6 Å². The molecule has 0 bridgehead atoms. The van der Waals surface area contributed by atoms with E-state index in [0.717, 1.165) is 5.69 Å². The molecule has 16 heavy (non-hydrogen) atoms. The maximum absolute atomic E-state index is 11.2. The summed E-state index contributed by atoms with van der Waals surface area (Å²) in [5.41, 5.74) is 7.80. The van der Waals surface area contributed by atoms with Crippen molar-refractivity contribution < 1.29 is 4.79 Å². The second-order valence-corrected chi connectivity index (χ2v) is 3.82. The van der Waals surface area contributed by atoms with Gasteiger partial charge in [-0.05, 0) is 24.6 Å². The van der Waals surface area contributed by atoms with Gasteiger partial charge < -0.3 is 16.4 Å². The van der Waals surface area contributed by atoms with Gasteiger partial charge in [-0.25, -0.2) is 0 Å². The average Bonchev–Trinajstić information content (AvgIpc) is 2.28. The Kier molecular flexibility index (Phi) is 4.79. The van der Waals surface area contributed by atoms with Gasteiger partial charge in [0.2, 0.25) is 5.91 Å². The van der Waals surface area contributed by atoms with Crippen molar-refractivity contribution in [2.45, 2.75) is 19.4 Å². The van der Waals surface area contributed by atoms with Crippen LogP contribution in [-0.4, -0.2) is 25.5 Å². The molecule has 1 aromatic rings. The molecule has 0 aromatic heterocycles. The molecule has 0 aliphatic heterocycles. The third-order valence-corrected chi connectivity index (χ3v) is 2.38. The van der Waals surface area contributed by atoms with E-state index in [9.17, 15) is 4.79 Å². The third-order valence-electron chi connectivity index (χ3n) is 2.38. The summed E-state index contributed by atoms with van der Waals surface area (Å²) in [5.74, 6) is -0.00407. The van der Waals surface area contributed by atoms with Gasteiger partial charge in [0.15, 0.2) is 0 Å². The first kappa shape index (κ1) is 12.5. The molecule has 1 amide bonds. The standard InChI is InChI=1S/C12H19N3O/c1-9-4-3-5-10(6-9)15-11(8-13)7-12(16)14-2/h3-6,11,15H,7-8,13H2,1-2H3,(H,14,16). The minimum Gasteiger partial charge on any atom is -0.381 e. The Hall–Kier alpha value is -1.55. The number of carbonyl (C=O) groups excluding carboxylic acids is 1. The van der Waals surface area contributed by atoms with Crippen molar-refractivity contribution in [1.29, 1.82) is 0 Å². The van der Waals surface area contributed by atoms with Gasteiger partial charge in [0.25, 0.3) is 0 Å². The van der Waals surface area contributed by atoms with Crippen molar-refractivity contribution in [3.05, 3.63) is 29.8 Å². The second-order valence-electron chi connectivity index (χ2n) is 3.82. The Morgan fingerprint density at radius 1 is 1.50 bits per heavy atom. The number of hydrogen-bond acceptors (Lipinski definition) is 3. The molecular weight excluding hydrogens is 202 g/mol. The highest BCUT2D eigenvalue weighted by molar-refractivity contribution is 5.76. The van der Waals surface area contributed by atoms with E-state index in [2.05, 4.69) is 10.6 Å². The molecule has 1 aromatic carbocycles. The Morgan fingerprint density at radius 2 is 2.25 bits per heavy atom. The molecule has 88 valence electrons. The number of nitrogens with one attached hydrogen (secondary N) is 2. The van der Waals surface area contributed by atoms with Crippen LogP contribution in [0.1, 0.15) is 12.0 Å². The Bertz CT molecular complexity index is 352. The first-order valence-electron chi connectivity index (χ1n) is 5.39. The number of aryl methyl sites for hydroxylation is 1. The van der Waals surface area contributed by atoms with E-state index in [1.165, 1.54) is 5.56 Å². The summed E-state index contributed by atoms with van der Waals surface area (Å²) in [6.07, 6.45) is 0.390. The van der Waals surface area contributed by atoms with Crippen LogP contribution in [0.2, 0.25) is 0 Å². The quantitative estimate of drug-likeness (QED) is 0.691. The van der Waals surface area contributed by atoms with Gasteiger partial charge in [-0.1, -0.05) is 12.1 Å². The lowest BCUT2D eigenvalue weighted by Crippen LogP contribution is -2.34. The summed E-state index contributed by atoms with van der Waals surface area (Å²) >= 11 is 0. The normalized spacial score (nSPS) is 11.9. The molecule has 0 aliphatic carbocycles. The number of nitrogens with two attached hydrogens (primary N) is 1. The lowest BCUT2D eigenvalue weighted by molar-refractivity contribution is -0.120. The Morgan fingerprint density at radius 3 is 2.81 bits per heavy atom. The molecule has 0 heterocycles. The first-order valence-corrected chi connectivity index (χ1v) is 5.39. The van der Waals surface area contributed by atoms with Crippen LogP contribution in [0, 0.1) is 6.92 Å². The highest BCUT2D eigenvalue weighted by Crippen LogP contribution is 2.11. The lowest BCUT2D eigenvalue weighted by Gasteiger charge is -2.17. The zero-order valence-electron chi connectivity index (χ0n) is 9.79. The minimum atomic E-state index is -0.0262. The highest BCUT2D eigenvalue weighted by atomic mass is 16.1. The van der Waals surface area contributed by atoms with Gasteiger partial charge in [0.05, 0.1) is 0 Å². The number of amides is 1. The molecule has 1 unspecified atom stereocenters. The molecular formula is C12H19N3O. The van der Waals surface area contributed by atoms with Gasteiger partial charge in [0, 0.05) is 31.7 Å². The second kappa shape index (κ2) is 6.12. The number of rotatable bonds is 5. The number of carbonyl (C=O) groups is 1. The van der Waals surface area contributed by atoms with Crippen LogP contribution in [0.25, 0.3) is 0 Å². The number of anilines is 1. The molecule has 1 atom stereocenters. The number of hydrogen-bond donors (Lipinski definition) is 3. The van der Waals surface area contributed by atoms with Crippen molar-refractivity contribution in [3.8, 4) is 0 Å². The monoisotopic (exact) mass is 221 g/mol. The fraction of sp³-hybridized carbons (Fsp3) is 0.417. The molecule has 0 radical (unpaired) electrons. The summed E-state index contributed by atoms with van der Waals surface area (Å²) in [6.45, 7) is 2.46. The molecule has 0 saturated carbocycles. The van der Waals surface area contributed by atoms with Crippen molar-refractivity contribution in [2.75, 3.05) is 18.9 Å². The van der Waals surface area contributed by atoms with Crippen LogP contribution >= 0.6 is 0 Å². The zero-order chi connectivity index (χ0) is 12.0. The molecule has 1 rings (SSSR count). The van der Waals surface area contributed by atoms with Crippen LogP contribution < -0.4 is 16.4 Å². The summed E-state index contributed by atoms with van der Waals surface area (Å²) in [7, 11) is 1.63. The van der Waals surface area contributed by atoms with E-state index < -0.39 is 0 Å². The zero-order valence-corrected chi connectivity index (χ0v) is 9.79. The predicted molar refractivity (Wildman–Crippen MR) is 66.3 cm³/mol. The van der Waals surface area contributed by atoms with Gasteiger partial charge in [-0.3, -0.25) is 4.79 Å². The van der Waals surface area contributed by atoms with E-state index in [0.29, 0.717) is 13.0 Å². The highest BCUT2D eigenvalue weighted by Gasteiger charge is 2.10. The summed E-state index contributed by atoms with van der Waals surface area (Å²) < 4.78 is 0. The maximum Gasteiger partial charge on any atom is 0.221 e. The van der Waals surface area contributed by atoms with Gasteiger partial charge in [-0.2, -0.15) is 0 Å². The fourth-order valence-electron chi connectivity index (χ4n) is 1.49. The average molecular weight is 221 g/mol. The largest absolute Gasteiger partial charge is 0.381 e. The molecule has 0 spiro atoms. The Balaban J connectivity index is 2.59. The molecule has 0 fully saturated rings. The van der Waals surface area contributed by atoms with Gasteiger partial charge >= 0.3 is 0 Å². The van der Waals surface area contributed by atoms with Crippen LogP contribution in [-0.2, 0) is 4.79 Å². The van der Waals surface area contributed by atoms with E-state index in [-0.39, 0.29) is 11.9 Å². The van der Waals surface area contributed by atoms with E-state index >= 15 is 0 Å². The molecule has 0 saturated heterocycles. The SMILES string of the molecule is CNC(=O)CC(CN)Nc1cccc(C)c1. The topological polar surface area (TPSA) is 67.2 Å². The van der Waals surface area contributed by atoms with Crippen LogP contribution in [0.5, 0.6) is 0 Å². The Labute approximate surface area is 96.2 Å². The third kappa shape index (κ3) is 3.90. The first-order chi connectivity index (χ1) is 7.65. The van der Waals surface area contributed by atoms with Crippen molar-refractivity contribution in [3.63, 3.8) is 0 Å². The van der Waals surface area contributed by atoms with Crippen LogP contribution in [0.3, 0.4) is 0 Å². The predicted octanol–water partition coefficient (Wildman–Crippen LogP) is 0.870. The smallest absolute Gasteiger partial charge is 0.221 e. The van der Waals surface area contributed by atoms with Crippen molar-refractivity contribution in [1.82, 2.24) is 5.32 Å². The number of benzene rings is 1. The lowest BCUT2D eigenvalue weighted by atomic mass is 10.1. The maximum atomic E-state index is 11.2. The van der Waals surface area contributed by atoms with Crippen molar-refractivity contribution in [2.24, 2.45) is 5.73 Å². The molecule has 4 heteroatoms. The summed E-state index contributed by atoms with van der Waals surface area (Å²) in [6, 6.07) is 7.99. The molecule has 4 N–H and O–H groups in total. The van der Waals surface area contributed by atoms with Crippen LogP contribution in [0.4, 0.5) is 5.69 Å². The van der Waals surface area contributed by atoms with Gasteiger partial charge in [0.1, 0.15) is 0 Å². The fourth-order valence-corrected chi connectivity index (χ4v) is 1.49.